The van der Waals surface area contributed by atoms with Crippen LogP contribution in [0, 0.1) is 11.3 Å². The third-order valence-electron chi connectivity index (χ3n) is 3.45. The Morgan fingerprint density at radius 3 is 2.26 bits per heavy atom. The summed E-state index contributed by atoms with van der Waals surface area (Å²) in [6.07, 6.45) is 0. The Labute approximate surface area is 136 Å². The molecule has 0 unspecified atom stereocenters. The highest BCUT2D eigenvalue weighted by Crippen LogP contribution is 2.23. The predicted octanol–water partition coefficient (Wildman–Crippen LogP) is 2.74. The third kappa shape index (κ3) is 3.17. The molecule has 0 saturated heterocycles. The fourth-order valence-electron chi connectivity index (χ4n) is 2.30. The van der Waals surface area contributed by atoms with Gasteiger partial charge in [-0.3, -0.25) is 0 Å². The zero-order valence-electron chi connectivity index (χ0n) is 12.3. The van der Waals surface area contributed by atoms with Gasteiger partial charge in [0.1, 0.15) is 19.7 Å². The average molecular weight is 296 g/mol. The maximum absolute atomic E-state index is 8.95. The maximum Gasteiger partial charge on any atom is 0.143 e. The Hall–Kier alpha value is -3.26. The molecular weight excluding hydrogens is 283 g/mol. The van der Waals surface area contributed by atoms with Gasteiger partial charge in [0.05, 0.1) is 11.3 Å². The number of nitriles is 1. The van der Waals surface area contributed by atoms with Crippen LogP contribution in [0.15, 0.2) is 60.7 Å². The molecule has 0 atom stereocenters. The van der Waals surface area contributed by atoms with Gasteiger partial charge in [-0.2, -0.15) is 5.26 Å². The van der Waals surface area contributed by atoms with Crippen molar-refractivity contribution in [2.45, 2.75) is 0 Å². The number of benzene rings is 2. The van der Waals surface area contributed by atoms with Crippen LogP contribution in [0.5, 0.6) is 0 Å². The number of nitrogens with one attached hydrogen (secondary N) is 1. The summed E-state index contributed by atoms with van der Waals surface area (Å²) in [6, 6.07) is 21.6. The lowest BCUT2D eigenvalue weighted by atomic mass is 9.97. The summed E-state index contributed by atoms with van der Waals surface area (Å²) in [7, 11) is 5.73. The topological polar surface area (TPSA) is 74.7 Å². The van der Waals surface area contributed by atoms with Crippen LogP contribution in [0.2, 0.25) is 0 Å². The highest BCUT2D eigenvalue weighted by molar-refractivity contribution is 6.32. The fourth-order valence-corrected chi connectivity index (χ4v) is 2.30. The van der Waals surface area contributed by atoms with Crippen molar-refractivity contribution in [2.75, 3.05) is 11.1 Å². The highest BCUT2D eigenvalue weighted by atomic mass is 15.0. The van der Waals surface area contributed by atoms with Gasteiger partial charge in [0, 0.05) is 17.3 Å². The van der Waals surface area contributed by atoms with Crippen LogP contribution < -0.4 is 16.6 Å². The minimum atomic E-state index is 0.121. The summed E-state index contributed by atoms with van der Waals surface area (Å²) in [5, 5.41) is 12.1. The summed E-state index contributed by atoms with van der Waals surface area (Å²) in [6.45, 7) is 0. The molecule has 3 rings (SSSR count). The molecule has 3 aromatic rings. The molecule has 108 valence electrons. The van der Waals surface area contributed by atoms with E-state index in [-0.39, 0.29) is 11.2 Å². The lowest BCUT2D eigenvalue weighted by Gasteiger charge is -2.10. The Balaban J connectivity index is 1.83. The Kier molecular flexibility index (Phi) is 3.98. The molecule has 4 nitrogen and oxygen atoms in total. The molecule has 0 saturated carbocycles. The zero-order chi connectivity index (χ0) is 16.2. The van der Waals surface area contributed by atoms with Crippen molar-refractivity contribution in [1.82, 2.24) is 4.98 Å². The number of nitrogens with two attached hydrogens (primary N) is 1. The summed E-state index contributed by atoms with van der Waals surface area (Å²) in [5.41, 5.74) is 9.58. The lowest BCUT2D eigenvalue weighted by molar-refractivity contribution is 1.34. The molecule has 0 aliphatic carbocycles. The average Bonchev–Trinajstić information content (AvgIpc) is 2.56. The van der Waals surface area contributed by atoms with Gasteiger partial charge in [0.15, 0.2) is 0 Å². The van der Waals surface area contributed by atoms with E-state index in [1.807, 2.05) is 48.5 Å². The maximum atomic E-state index is 8.95. The van der Waals surface area contributed by atoms with Gasteiger partial charge in [-0.05, 0) is 23.3 Å². The van der Waals surface area contributed by atoms with Crippen molar-refractivity contribution in [3.05, 3.63) is 66.2 Å². The second-order valence-corrected chi connectivity index (χ2v) is 5.04. The van der Waals surface area contributed by atoms with Crippen molar-refractivity contribution < 1.29 is 0 Å². The Morgan fingerprint density at radius 1 is 1.00 bits per heavy atom. The number of hydrogen-bond acceptors (Lipinski definition) is 4. The largest absolute Gasteiger partial charge is 0.398 e. The van der Waals surface area contributed by atoms with Crippen molar-refractivity contribution >= 4 is 30.6 Å². The van der Waals surface area contributed by atoms with E-state index < -0.39 is 0 Å². The van der Waals surface area contributed by atoms with Gasteiger partial charge in [-0.1, -0.05) is 42.5 Å². The standard InChI is InChI=1S/C18H13BN4/c19-18-15(11-20)16(21)10-17(23-18)22-14-8-6-13(7-9-14)12-4-2-1-3-5-12/h1-10H,(H3,21,22,23). The normalized spacial score (nSPS) is 10.0. The summed E-state index contributed by atoms with van der Waals surface area (Å²) in [4.78, 5) is 4.14. The quantitative estimate of drug-likeness (QED) is 0.729. The van der Waals surface area contributed by atoms with Gasteiger partial charge >= 0.3 is 0 Å². The Bertz CT molecular complexity index is 845. The molecule has 0 bridgehead atoms. The molecule has 1 aromatic heterocycles. The van der Waals surface area contributed by atoms with Crippen LogP contribution in [0.3, 0.4) is 0 Å². The number of aromatic nitrogens is 1. The molecule has 0 aliphatic heterocycles. The second kappa shape index (κ2) is 6.24. The van der Waals surface area contributed by atoms with Crippen molar-refractivity contribution in [3.63, 3.8) is 0 Å². The van der Waals surface area contributed by atoms with Crippen LogP contribution in [0.4, 0.5) is 17.2 Å². The first-order chi connectivity index (χ1) is 11.2. The molecule has 5 heteroatoms. The summed E-state index contributed by atoms with van der Waals surface area (Å²) >= 11 is 0. The van der Waals surface area contributed by atoms with Crippen molar-refractivity contribution in [1.29, 1.82) is 5.26 Å². The van der Waals surface area contributed by atoms with Gasteiger partial charge < -0.3 is 11.1 Å². The van der Waals surface area contributed by atoms with E-state index in [0.717, 1.165) is 16.8 Å². The minimum Gasteiger partial charge on any atom is -0.398 e. The monoisotopic (exact) mass is 296 g/mol. The third-order valence-corrected chi connectivity index (χ3v) is 3.45. The van der Waals surface area contributed by atoms with Crippen molar-refractivity contribution in [2.24, 2.45) is 0 Å². The van der Waals surface area contributed by atoms with Gasteiger partial charge in [-0.15, -0.1) is 0 Å². The van der Waals surface area contributed by atoms with E-state index in [1.165, 1.54) is 0 Å². The van der Waals surface area contributed by atoms with Gasteiger partial charge in [0.25, 0.3) is 0 Å². The first kappa shape index (κ1) is 14.7. The summed E-state index contributed by atoms with van der Waals surface area (Å²) in [5.74, 6) is 0.506. The number of nitrogens with zero attached hydrogens (tertiary/aromatic N) is 2. The van der Waals surface area contributed by atoms with Crippen LogP contribution >= 0.6 is 0 Å². The lowest BCUT2D eigenvalue weighted by Crippen LogP contribution is -2.16. The van der Waals surface area contributed by atoms with Crippen molar-refractivity contribution in [3.8, 4) is 17.2 Å². The van der Waals surface area contributed by atoms with Gasteiger partial charge in [0.2, 0.25) is 0 Å². The molecule has 23 heavy (non-hydrogen) atoms. The molecule has 1 heterocycles. The van der Waals surface area contributed by atoms with Gasteiger partial charge in [-0.25, -0.2) is 4.98 Å². The number of hydrogen-bond donors (Lipinski definition) is 2. The molecule has 0 aliphatic rings. The predicted molar refractivity (Wildman–Crippen MR) is 93.9 cm³/mol. The number of nitrogen functional groups attached to an aromatic ring is 1. The number of rotatable bonds is 3. The molecule has 0 amide bonds. The fraction of sp³-hybridized carbons (Fsp3) is 0. The molecule has 0 spiro atoms. The summed E-state index contributed by atoms with van der Waals surface area (Å²) < 4.78 is 0. The molecule has 2 radical (unpaired) electrons. The number of pyridine rings is 1. The van der Waals surface area contributed by atoms with E-state index in [0.29, 0.717) is 11.5 Å². The molecule has 2 aromatic carbocycles. The highest BCUT2D eigenvalue weighted by Gasteiger charge is 2.06. The van der Waals surface area contributed by atoms with E-state index in [9.17, 15) is 0 Å². The Morgan fingerprint density at radius 2 is 1.65 bits per heavy atom. The molecular formula is C18H13BN4. The van der Waals surface area contributed by atoms with Crippen LogP contribution in [-0.2, 0) is 0 Å². The van der Waals surface area contributed by atoms with E-state index in [1.54, 1.807) is 6.07 Å². The van der Waals surface area contributed by atoms with Crippen LogP contribution in [0.1, 0.15) is 5.56 Å². The van der Waals surface area contributed by atoms with Crippen LogP contribution in [-0.4, -0.2) is 12.8 Å². The zero-order valence-corrected chi connectivity index (χ0v) is 12.3. The molecule has 0 fully saturated rings. The smallest absolute Gasteiger partial charge is 0.143 e. The SMILES string of the molecule is [B]c1nc(Nc2ccc(-c3ccccc3)cc2)cc(N)c1C#N. The second-order valence-electron chi connectivity index (χ2n) is 5.04. The van der Waals surface area contributed by atoms with E-state index in [4.69, 9.17) is 18.8 Å². The van der Waals surface area contributed by atoms with Crippen LogP contribution in [0.25, 0.3) is 11.1 Å². The first-order valence-corrected chi connectivity index (χ1v) is 7.06. The van der Waals surface area contributed by atoms with E-state index in [2.05, 4.69) is 22.4 Å². The first-order valence-electron chi connectivity index (χ1n) is 7.06. The minimum absolute atomic E-state index is 0.121. The molecule has 3 N–H and O–H groups in total. The number of anilines is 3. The van der Waals surface area contributed by atoms with E-state index >= 15 is 0 Å².